The van der Waals surface area contributed by atoms with E-state index in [1.165, 1.54) is 0 Å². The topological polar surface area (TPSA) is 101 Å². The van der Waals surface area contributed by atoms with Gasteiger partial charge in [0.25, 0.3) is 0 Å². The minimum Gasteiger partial charge on any atom is -0.383 e. The molecule has 0 bridgehead atoms. The van der Waals surface area contributed by atoms with Crippen molar-refractivity contribution in [3.8, 4) is 0 Å². The van der Waals surface area contributed by atoms with E-state index in [2.05, 4.69) is 14.9 Å². The zero-order valence-electron chi connectivity index (χ0n) is 9.29. The molecule has 0 saturated heterocycles. The summed E-state index contributed by atoms with van der Waals surface area (Å²) in [6.07, 6.45) is -4.15. The molecule has 0 spiro atoms. The van der Waals surface area contributed by atoms with Crippen molar-refractivity contribution in [2.24, 2.45) is 0 Å². The molecule has 0 radical (unpaired) electrons. The van der Waals surface area contributed by atoms with E-state index >= 15 is 0 Å². The summed E-state index contributed by atoms with van der Waals surface area (Å²) >= 11 is 0. The number of hydrogen-bond donors (Lipinski definition) is 3. The lowest BCUT2D eigenvalue weighted by Gasteiger charge is -2.07. The second-order valence-electron chi connectivity index (χ2n) is 3.62. The predicted molar refractivity (Wildman–Crippen MR) is 58.1 cm³/mol. The molecule has 1 aromatic rings. The highest BCUT2D eigenvalue weighted by atomic mass is 32.2. The molecule has 18 heavy (non-hydrogen) atoms. The third kappa shape index (κ3) is 4.53. The monoisotopic (exact) mass is 286 g/mol. The number of anilines is 1. The van der Waals surface area contributed by atoms with Gasteiger partial charge in [0, 0.05) is 13.0 Å². The summed E-state index contributed by atoms with van der Waals surface area (Å²) in [5.41, 5.74) is 5.33. The predicted octanol–water partition coefficient (Wildman–Crippen LogP) is 1.00. The normalized spacial score (nSPS) is 12.8. The molecule has 6 nitrogen and oxygen atoms in total. The lowest BCUT2D eigenvalue weighted by atomic mass is 10.2. The van der Waals surface area contributed by atoms with Crippen LogP contribution in [0.3, 0.4) is 0 Å². The van der Waals surface area contributed by atoms with E-state index in [1.807, 2.05) is 0 Å². The molecule has 0 fully saturated rings. The standard InChI is InChI=1S/C8H13F3N4O2S/c9-8(10,11)3-1-2-4-14-18(16,17)6-5-13-15-7(6)12/h5,14H,1-4H2,(H3,12,13,15). The molecule has 0 aliphatic rings. The van der Waals surface area contributed by atoms with Crippen LogP contribution in [0.5, 0.6) is 0 Å². The van der Waals surface area contributed by atoms with E-state index in [4.69, 9.17) is 5.73 Å². The Morgan fingerprint density at radius 3 is 2.56 bits per heavy atom. The number of nitrogen functional groups attached to an aromatic ring is 1. The fourth-order valence-corrected chi connectivity index (χ4v) is 2.33. The molecule has 1 rings (SSSR count). The average molecular weight is 286 g/mol. The van der Waals surface area contributed by atoms with Crippen LogP contribution >= 0.6 is 0 Å². The Morgan fingerprint density at radius 2 is 2.06 bits per heavy atom. The molecular formula is C8H13F3N4O2S. The van der Waals surface area contributed by atoms with Crippen LogP contribution in [-0.2, 0) is 10.0 Å². The smallest absolute Gasteiger partial charge is 0.383 e. The number of alkyl halides is 3. The molecule has 10 heteroatoms. The van der Waals surface area contributed by atoms with Gasteiger partial charge < -0.3 is 5.73 Å². The fourth-order valence-electron chi connectivity index (χ4n) is 1.23. The van der Waals surface area contributed by atoms with Crippen LogP contribution in [0.25, 0.3) is 0 Å². The minimum atomic E-state index is -4.21. The van der Waals surface area contributed by atoms with Gasteiger partial charge in [-0.2, -0.15) is 18.3 Å². The van der Waals surface area contributed by atoms with E-state index in [0.717, 1.165) is 6.20 Å². The van der Waals surface area contributed by atoms with Crippen LogP contribution in [0.15, 0.2) is 11.1 Å². The molecule has 4 N–H and O–H groups in total. The third-order valence-corrected chi connectivity index (χ3v) is 3.59. The average Bonchev–Trinajstić information content (AvgIpc) is 2.62. The van der Waals surface area contributed by atoms with Gasteiger partial charge in [0.15, 0.2) is 0 Å². The molecule has 1 aromatic heterocycles. The highest BCUT2D eigenvalue weighted by Gasteiger charge is 2.26. The Balaban J connectivity index is 2.38. The zero-order chi connectivity index (χ0) is 13.8. The SMILES string of the molecule is Nc1[nH]ncc1S(=O)(=O)NCCCCC(F)(F)F. The molecule has 0 aromatic carbocycles. The molecule has 104 valence electrons. The van der Waals surface area contributed by atoms with Crippen molar-refractivity contribution in [3.05, 3.63) is 6.20 Å². The summed E-state index contributed by atoms with van der Waals surface area (Å²) in [5.74, 6) is -0.113. The highest BCUT2D eigenvalue weighted by molar-refractivity contribution is 7.89. The van der Waals surface area contributed by atoms with E-state index in [1.54, 1.807) is 0 Å². The Kier molecular flexibility index (Phi) is 4.57. The third-order valence-electron chi connectivity index (χ3n) is 2.10. The molecule has 0 unspecified atom stereocenters. The number of sulfonamides is 1. The van der Waals surface area contributed by atoms with E-state index in [0.29, 0.717) is 0 Å². The van der Waals surface area contributed by atoms with E-state index in [9.17, 15) is 21.6 Å². The number of nitrogens with one attached hydrogen (secondary N) is 2. The maximum Gasteiger partial charge on any atom is 0.389 e. The quantitative estimate of drug-likeness (QED) is 0.679. The molecule has 0 amide bonds. The van der Waals surface area contributed by atoms with Crippen molar-refractivity contribution in [2.75, 3.05) is 12.3 Å². The summed E-state index contributed by atoms with van der Waals surface area (Å²) in [4.78, 5) is -0.210. The lowest BCUT2D eigenvalue weighted by molar-refractivity contribution is -0.135. The van der Waals surface area contributed by atoms with Crippen LogP contribution in [0.2, 0.25) is 0 Å². The van der Waals surface area contributed by atoms with Gasteiger partial charge in [0.1, 0.15) is 10.7 Å². The van der Waals surface area contributed by atoms with Crippen LogP contribution < -0.4 is 10.5 Å². The van der Waals surface area contributed by atoms with Crippen molar-refractivity contribution in [2.45, 2.75) is 30.3 Å². The first kappa shape index (κ1) is 14.8. The van der Waals surface area contributed by atoms with Gasteiger partial charge in [-0.15, -0.1) is 0 Å². The Labute approximate surface area is 102 Å². The summed E-state index contributed by atoms with van der Waals surface area (Å²) < 4.78 is 60.8. The Morgan fingerprint density at radius 1 is 1.39 bits per heavy atom. The molecule has 0 atom stereocenters. The van der Waals surface area contributed by atoms with Crippen LogP contribution in [-0.4, -0.2) is 31.3 Å². The zero-order valence-corrected chi connectivity index (χ0v) is 10.1. The first-order valence-electron chi connectivity index (χ1n) is 5.07. The largest absolute Gasteiger partial charge is 0.389 e. The lowest BCUT2D eigenvalue weighted by Crippen LogP contribution is -2.25. The number of aromatic nitrogens is 2. The number of nitrogens with two attached hydrogens (primary N) is 1. The van der Waals surface area contributed by atoms with Crippen LogP contribution in [0, 0.1) is 0 Å². The summed E-state index contributed by atoms with van der Waals surface area (Å²) in [6.45, 7) is -0.0803. The van der Waals surface area contributed by atoms with Gasteiger partial charge in [0.05, 0.1) is 6.20 Å². The second kappa shape index (κ2) is 5.57. The van der Waals surface area contributed by atoms with Gasteiger partial charge >= 0.3 is 6.18 Å². The first-order chi connectivity index (χ1) is 8.22. The van der Waals surface area contributed by atoms with Gasteiger partial charge in [-0.05, 0) is 12.8 Å². The first-order valence-corrected chi connectivity index (χ1v) is 6.56. The number of H-pyrrole nitrogens is 1. The van der Waals surface area contributed by atoms with Gasteiger partial charge in [-0.3, -0.25) is 5.10 Å². The minimum absolute atomic E-state index is 0.0803. The molecule has 0 saturated carbocycles. The fraction of sp³-hybridized carbons (Fsp3) is 0.625. The molecule has 0 aliphatic carbocycles. The van der Waals surface area contributed by atoms with Crippen LogP contribution in [0.1, 0.15) is 19.3 Å². The molecule has 0 aliphatic heterocycles. The Bertz CT molecular complexity index is 483. The summed E-state index contributed by atoms with van der Waals surface area (Å²) in [6, 6.07) is 0. The maximum absolute atomic E-state index is 11.8. The van der Waals surface area contributed by atoms with E-state index < -0.39 is 22.6 Å². The van der Waals surface area contributed by atoms with Crippen molar-refractivity contribution in [3.63, 3.8) is 0 Å². The summed E-state index contributed by atoms with van der Waals surface area (Å²) in [5, 5.41) is 5.70. The van der Waals surface area contributed by atoms with Gasteiger partial charge in [-0.25, -0.2) is 13.1 Å². The maximum atomic E-state index is 11.8. The highest BCUT2D eigenvalue weighted by Crippen LogP contribution is 2.22. The number of halogens is 3. The number of unbranched alkanes of at least 4 members (excludes halogenated alkanes) is 1. The Hall–Kier alpha value is -1.29. The molecular weight excluding hydrogens is 273 g/mol. The number of rotatable bonds is 6. The van der Waals surface area contributed by atoms with Crippen molar-refractivity contribution in [1.82, 2.24) is 14.9 Å². The van der Waals surface area contributed by atoms with Crippen molar-refractivity contribution >= 4 is 15.8 Å². The van der Waals surface area contributed by atoms with Crippen LogP contribution in [0.4, 0.5) is 19.0 Å². The van der Waals surface area contributed by atoms with Crippen molar-refractivity contribution in [1.29, 1.82) is 0 Å². The number of aromatic amines is 1. The van der Waals surface area contributed by atoms with Crippen molar-refractivity contribution < 1.29 is 21.6 Å². The molecule has 1 heterocycles. The van der Waals surface area contributed by atoms with E-state index in [-0.39, 0.29) is 30.1 Å². The number of nitrogens with zero attached hydrogens (tertiary/aromatic N) is 1. The number of hydrogen-bond acceptors (Lipinski definition) is 4. The van der Waals surface area contributed by atoms with Gasteiger partial charge in [-0.1, -0.05) is 0 Å². The van der Waals surface area contributed by atoms with Gasteiger partial charge in [0.2, 0.25) is 10.0 Å². The summed E-state index contributed by atoms with van der Waals surface area (Å²) in [7, 11) is -3.81. The second-order valence-corrected chi connectivity index (χ2v) is 5.35.